The van der Waals surface area contributed by atoms with Crippen molar-refractivity contribution in [3.8, 4) is 0 Å². The molecule has 2 aliphatic carbocycles. The number of nitrogens with two attached hydrogens (primary N) is 1. The molecule has 3 N–H and O–H groups in total. The third kappa shape index (κ3) is 2.19. The summed E-state index contributed by atoms with van der Waals surface area (Å²) in [6.45, 7) is 2.43. The van der Waals surface area contributed by atoms with Crippen molar-refractivity contribution in [1.29, 1.82) is 0 Å². The first-order chi connectivity index (χ1) is 7.05. The van der Waals surface area contributed by atoms with Crippen LogP contribution in [0.15, 0.2) is 0 Å². The van der Waals surface area contributed by atoms with Gasteiger partial charge in [-0.2, -0.15) is 0 Å². The number of hydrogen-bond donors (Lipinski definition) is 2. The van der Waals surface area contributed by atoms with Crippen molar-refractivity contribution >= 4 is 10.0 Å². The van der Waals surface area contributed by atoms with E-state index in [-0.39, 0.29) is 11.8 Å². The molecule has 0 heterocycles. The van der Waals surface area contributed by atoms with E-state index >= 15 is 0 Å². The van der Waals surface area contributed by atoms with Gasteiger partial charge in [0.2, 0.25) is 10.0 Å². The predicted octanol–water partition coefficient (Wildman–Crippen LogP) is 0.299. The van der Waals surface area contributed by atoms with E-state index in [0.717, 1.165) is 25.3 Å². The van der Waals surface area contributed by atoms with Gasteiger partial charge in [-0.25, -0.2) is 13.1 Å². The summed E-state index contributed by atoms with van der Waals surface area (Å²) < 4.78 is 25.6. The van der Waals surface area contributed by atoms with Crippen LogP contribution in [-0.2, 0) is 10.0 Å². The number of rotatable bonds is 4. The zero-order chi connectivity index (χ0) is 11.1. The van der Waals surface area contributed by atoms with Gasteiger partial charge in [-0.3, -0.25) is 0 Å². The standard InChI is InChI=1S/C10H20N2O2S/c1-2-15(13,14)12-10-5-8-3-7(6-11)4-9(8)10/h7-10,12H,2-6,11H2,1H3. The van der Waals surface area contributed by atoms with Crippen LogP contribution in [0, 0.1) is 17.8 Å². The highest BCUT2D eigenvalue weighted by Crippen LogP contribution is 2.49. The molecule has 2 saturated carbocycles. The first-order valence-corrected chi connectivity index (χ1v) is 7.41. The maximum atomic E-state index is 11.4. The van der Waals surface area contributed by atoms with Crippen LogP contribution in [0.25, 0.3) is 0 Å². The van der Waals surface area contributed by atoms with Crippen LogP contribution < -0.4 is 10.5 Å². The van der Waals surface area contributed by atoms with Crippen molar-refractivity contribution in [1.82, 2.24) is 4.72 Å². The Hall–Kier alpha value is -0.130. The molecule has 0 aromatic carbocycles. The van der Waals surface area contributed by atoms with Crippen molar-refractivity contribution in [3.63, 3.8) is 0 Å². The average molecular weight is 232 g/mol. The van der Waals surface area contributed by atoms with Crippen molar-refractivity contribution in [3.05, 3.63) is 0 Å². The lowest BCUT2D eigenvalue weighted by atomic mass is 9.72. The molecule has 15 heavy (non-hydrogen) atoms. The molecule has 4 unspecified atom stereocenters. The molecule has 0 saturated heterocycles. The van der Waals surface area contributed by atoms with Gasteiger partial charge in [0.25, 0.3) is 0 Å². The van der Waals surface area contributed by atoms with E-state index in [1.165, 1.54) is 6.42 Å². The lowest BCUT2D eigenvalue weighted by molar-refractivity contribution is 0.158. The fraction of sp³-hybridized carbons (Fsp3) is 1.00. The topological polar surface area (TPSA) is 72.2 Å². The van der Waals surface area contributed by atoms with Gasteiger partial charge in [-0.05, 0) is 50.5 Å². The minimum absolute atomic E-state index is 0.182. The number of hydrogen-bond acceptors (Lipinski definition) is 3. The molecule has 2 fully saturated rings. The monoisotopic (exact) mass is 232 g/mol. The molecular weight excluding hydrogens is 212 g/mol. The maximum absolute atomic E-state index is 11.4. The summed E-state index contributed by atoms with van der Waals surface area (Å²) in [5.41, 5.74) is 5.65. The average Bonchev–Trinajstić information content (AvgIpc) is 2.52. The van der Waals surface area contributed by atoms with Gasteiger partial charge in [0.15, 0.2) is 0 Å². The highest BCUT2D eigenvalue weighted by molar-refractivity contribution is 7.89. The fourth-order valence-electron chi connectivity index (χ4n) is 2.99. The Balaban J connectivity index is 1.89. The van der Waals surface area contributed by atoms with Crippen LogP contribution in [0.3, 0.4) is 0 Å². The van der Waals surface area contributed by atoms with E-state index < -0.39 is 10.0 Å². The second-order valence-electron chi connectivity index (χ2n) is 4.86. The van der Waals surface area contributed by atoms with Crippen molar-refractivity contribution in [2.45, 2.75) is 32.2 Å². The predicted molar refractivity (Wildman–Crippen MR) is 59.8 cm³/mol. The van der Waals surface area contributed by atoms with Crippen LogP contribution in [0.5, 0.6) is 0 Å². The Morgan fingerprint density at radius 2 is 2.07 bits per heavy atom. The van der Waals surface area contributed by atoms with Crippen molar-refractivity contribution in [2.75, 3.05) is 12.3 Å². The first-order valence-electron chi connectivity index (χ1n) is 5.75. The lowest BCUT2D eigenvalue weighted by Crippen LogP contribution is -2.50. The summed E-state index contributed by atoms with van der Waals surface area (Å²) >= 11 is 0. The largest absolute Gasteiger partial charge is 0.330 e. The van der Waals surface area contributed by atoms with E-state index in [2.05, 4.69) is 4.72 Å². The highest BCUT2D eigenvalue weighted by atomic mass is 32.2. The van der Waals surface area contributed by atoms with Crippen molar-refractivity contribution < 1.29 is 8.42 Å². The summed E-state index contributed by atoms with van der Waals surface area (Å²) in [5.74, 6) is 2.08. The van der Waals surface area contributed by atoms with E-state index in [0.29, 0.717) is 11.8 Å². The van der Waals surface area contributed by atoms with Crippen LogP contribution in [0.4, 0.5) is 0 Å². The molecule has 0 radical (unpaired) electrons. The summed E-state index contributed by atoms with van der Waals surface area (Å²) in [5, 5.41) is 0. The molecule has 0 aliphatic heterocycles. The minimum atomic E-state index is -3.02. The summed E-state index contributed by atoms with van der Waals surface area (Å²) in [4.78, 5) is 0. The van der Waals surface area contributed by atoms with Crippen LogP contribution >= 0.6 is 0 Å². The van der Waals surface area contributed by atoms with E-state index in [4.69, 9.17) is 5.73 Å². The van der Waals surface area contributed by atoms with E-state index in [9.17, 15) is 8.42 Å². The lowest BCUT2D eigenvalue weighted by Gasteiger charge is -2.40. The zero-order valence-electron chi connectivity index (χ0n) is 9.15. The number of fused-ring (bicyclic) bond motifs is 1. The Kier molecular flexibility index (Phi) is 3.05. The van der Waals surface area contributed by atoms with Gasteiger partial charge < -0.3 is 5.73 Å². The second kappa shape index (κ2) is 4.03. The Morgan fingerprint density at radius 3 is 2.67 bits per heavy atom. The molecule has 4 atom stereocenters. The third-order valence-corrected chi connectivity index (χ3v) is 5.39. The Morgan fingerprint density at radius 1 is 1.33 bits per heavy atom. The Labute approximate surface area is 91.7 Å². The third-order valence-electron chi connectivity index (χ3n) is 3.96. The van der Waals surface area contributed by atoms with Crippen LogP contribution in [0.1, 0.15) is 26.2 Å². The SMILES string of the molecule is CCS(=O)(=O)NC1CC2CC(CN)CC21. The van der Waals surface area contributed by atoms with Gasteiger partial charge >= 0.3 is 0 Å². The van der Waals surface area contributed by atoms with E-state index in [1.54, 1.807) is 6.92 Å². The molecule has 0 amide bonds. The number of sulfonamides is 1. The molecule has 0 aromatic rings. The zero-order valence-corrected chi connectivity index (χ0v) is 9.96. The smallest absolute Gasteiger partial charge is 0.211 e. The van der Waals surface area contributed by atoms with Crippen molar-refractivity contribution in [2.24, 2.45) is 23.5 Å². The summed E-state index contributed by atoms with van der Waals surface area (Å²) in [6.07, 6.45) is 3.32. The first kappa shape index (κ1) is 11.4. The van der Waals surface area contributed by atoms with Gasteiger partial charge in [-0.1, -0.05) is 0 Å². The molecule has 4 nitrogen and oxygen atoms in total. The van der Waals surface area contributed by atoms with Crippen LogP contribution in [0.2, 0.25) is 0 Å². The Bertz CT molecular complexity index is 328. The van der Waals surface area contributed by atoms with E-state index in [1.807, 2.05) is 0 Å². The molecule has 2 rings (SSSR count). The second-order valence-corrected chi connectivity index (χ2v) is 6.90. The highest BCUT2D eigenvalue weighted by Gasteiger charge is 2.48. The molecule has 88 valence electrons. The number of nitrogens with one attached hydrogen (secondary N) is 1. The van der Waals surface area contributed by atoms with Gasteiger partial charge in [-0.15, -0.1) is 0 Å². The maximum Gasteiger partial charge on any atom is 0.211 e. The molecule has 0 bridgehead atoms. The van der Waals surface area contributed by atoms with Gasteiger partial charge in [0.05, 0.1) is 5.75 Å². The summed E-state index contributed by atoms with van der Waals surface area (Å²) in [6, 6.07) is 0.191. The summed E-state index contributed by atoms with van der Waals surface area (Å²) in [7, 11) is -3.02. The van der Waals surface area contributed by atoms with Crippen LogP contribution in [-0.4, -0.2) is 26.8 Å². The molecular formula is C10H20N2O2S. The fourth-order valence-corrected chi connectivity index (χ4v) is 3.89. The molecule has 5 heteroatoms. The van der Waals surface area contributed by atoms with Gasteiger partial charge in [0, 0.05) is 6.04 Å². The molecule has 0 spiro atoms. The quantitative estimate of drug-likeness (QED) is 0.732. The van der Waals surface area contributed by atoms with Gasteiger partial charge in [0.1, 0.15) is 0 Å². The molecule has 0 aromatic heterocycles. The molecule has 2 aliphatic rings. The normalized spacial score (nSPS) is 39.9. The minimum Gasteiger partial charge on any atom is -0.330 e.